The minimum atomic E-state index is 0.236. The molecule has 1 atom stereocenters. The van der Waals surface area contributed by atoms with Crippen molar-refractivity contribution in [3.63, 3.8) is 0 Å². The zero-order valence-electron chi connectivity index (χ0n) is 16.3. The molecule has 7 nitrogen and oxygen atoms in total. The van der Waals surface area contributed by atoms with Crippen molar-refractivity contribution in [1.29, 1.82) is 0 Å². The fraction of sp³-hybridized carbons (Fsp3) is 0.450. The van der Waals surface area contributed by atoms with Gasteiger partial charge in [0.1, 0.15) is 4.88 Å². The number of para-hydroxylation sites is 1. The molecule has 1 saturated heterocycles. The maximum atomic E-state index is 6.01. The van der Waals surface area contributed by atoms with E-state index in [0.717, 1.165) is 60.1 Å². The lowest BCUT2D eigenvalue weighted by Crippen LogP contribution is -2.34. The van der Waals surface area contributed by atoms with Crippen LogP contribution in [0.1, 0.15) is 35.9 Å². The second-order valence-electron chi connectivity index (χ2n) is 6.94. The van der Waals surface area contributed by atoms with E-state index < -0.39 is 0 Å². The molecule has 4 rings (SSSR count). The molecule has 1 fully saturated rings. The summed E-state index contributed by atoms with van der Waals surface area (Å²) in [6, 6.07) is 6.00. The van der Waals surface area contributed by atoms with Crippen LogP contribution in [-0.4, -0.2) is 47.4 Å². The molecule has 0 saturated carbocycles. The van der Waals surface area contributed by atoms with Gasteiger partial charge in [-0.15, -0.1) is 21.5 Å². The van der Waals surface area contributed by atoms with E-state index in [1.807, 2.05) is 19.1 Å². The SMILES string of the molecule is COc1cccc(CN2CCCC(c3nnc(-c4scnc4C)o3)C2)c1OC. The van der Waals surface area contributed by atoms with Crippen molar-refractivity contribution in [2.24, 2.45) is 0 Å². The van der Waals surface area contributed by atoms with Crippen LogP contribution in [0.2, 0.25) is 0 Å². The number of nitrogens with zero attached hydrogens (tertiary/aromatic N) is 4. The molecule has 0 spiro atoms. The van der Waals surface area contributed by atoms with Crippen molar-refractivity contribution in [3.8, 4) is 22.3 Å². The van der Waals surface area contributed by atoms with Crippen molar-refractivity contribution in [1.82, 2.24) is 20.1 Å². The molecule has 1 aliphatic heterocycles. The predicted octanol–water partition coefficient (Wildman–Crippen LogP) is 3.90. The van der Waals surface area contributed by atoms with Gasteiger partial charge in [0.15, 0.2) is 11.5 Å². The van der Waals surface area contributed by atoms with Gasteiger partial charge < -0.3 is 13.9 Å². The molecule has 1 aromatic carbocycles. The lowest BCUT2D eigenvalue weighted by Gasteiger charge is -2.31. The highest BCUT2D eigenvalue weighted by Gasteiger charge is 2.27. The largest absolute Gasteiger partial charge is 0.493 e. The quantitative estimate of drug-likeness (QED) is 0.621. The minimum absolute atomic E-state index is 0.236. The van der Waals surface area contributed by atoms with E-state index in [0.29, 0.717) is 11.8 Å². The molecule has 8 heteroatoms. The average Bonchev–Trinajstić information content (AvgIpc) is 3.36. The Morgan fingerprint density at radius 1 is 1.25 bits per heavy atom. The van der Waals surface area contributed by atoms with Crippen molar-refractivity contribution >= 4 is 11.3 Å². The molecular weight excluding hydrogens is 376 g/mol. The van der Waals surface area contributed by atoms with E-state index in [-0.39, 0.29) is 5.92 Å². The van der Waals surface area contributed by atoms with Gasteiger partial charge in [0.2, 0.25) is 5.89 Å². The maximum Gasteiger partial charge on any atom is 0.259 e. The van der Waals surface area contributed by atoms with E-state index in [4.69, 9.17) is 13.9 Å². The summed E-state index contributed by atoms with van der Waals surface area (Å²) in [4.78, 5) is 7.63. The predicted molar refractivity (Wildman–Crippen MR) is 107 cm³/mol. The highest BCUT2D eigenvalue weighted by Crippen LogP contribution is 2.34. The van der Waals surface area contributed by atoms with Crippen LogP contribution >= 0.6 is 11.3 Å². The Bertz CT molecular complexity index is 939. The molecule has 1 aliphatic rings. The van der Waals surface area contributed by atoms with Crippen molar-refractivity contribution < 1.29 is 13.9 Å². The summed E-state index contributed by atoms with van der Waals surface area (Å²) in [5.41, 5.74) is 3.85. The number of likely N-dealkylation sites (tertiary alicyclic amines) is 1. The molecule has 0 aliphatic carbocycles. The normalized spacial score (nSPS) is 17.6. The van der Waals surface area contributed by atoms with Gasteiger partial charge in [0.25, 0.3) is 5.89 Å². The number of ether oxygens (including phenoxy) is 2. The van der Waals surface area contributed by atoms with Gasteiger partial charge in [0, 0.05) is 18.7 Å². The Morgan fingerprint density at radius 2 is 2.14 bits per heavy atom. The summed E-state index contributed by atoms with van der Waals surface area (Å²) in [7, 11) is 3.35. The molecular formula is C20H24N4O3S. The molecule has 0 radical (unpaired) electrons. The summed E-state index contributed by atoms with van der Waals surface area (Å²) < 4.78 is 17.0. The Balaban J connectivity index is 1.48. The number of thiazole rings is 1. The van der Waals surface area contributed by atoms with Crippen LogP contribution in [0.4, 0.5) is 0 Å². The highest BCUT2D eigenvalue weighted by molar-refractivity contribution is 7.13. The van der Waals surface area contributed by atoms with Crippen LogP contribution < -0.4 is 9.47 Å². The molecule has 148 valence electrons. The summed E-state index contributed by atoms with van der Waals surface area (Å²) in [6.07, 6.45) is 2.14. The summed E-state index contributed by atoms with van der Waals surface area (Å²) in [5, 5.41) is 8.58. The number of methoxy groups -OCH3 is 2. The second kappa shape index (κ2) is 8.28. The first-order valence-electron chi connectivity index (χ1n) is 9.35. The second-order valence-corrected chi connectivity index (χ2v) is 7.79. The van der Waals surface area contributed by atoms with Crippen molar-refractivity contribution in [2.45, 2.75) is 32.2 Å². The van der Waals surface area contributed by atoms with Gasteiger partial charge in [0.05, 0.1) is 31.3 Å². The Hall–Kier alpha value is -2.45. The number of rotatable bonds is 6. The third kappa shape index (κ3) is 3.74. The van der Waals surface area contributed by atoms with Gasteiger partial charge in [-0.25, -0.2) is 4.98 Å². The van der Waals surface area contributed by atoms with Crippen LogP contribution in [0, 0.1) is 6.92 Å². The van der Waals surface area contributed by atoms with Crippen LogP contribution in [0.15, 0.2) is 28.1 Å². The topological polar surface area (TPSA) is 73.5 Å². The molecule has 0 amide bonds. The standard InChI is InChI=1S/C20H24N4O3S/c1-13-18(28-12-21-13)20-23-22-19(27-20)15-7-5-9-24(11-15)10-14-6-4-8-16(25-2)17(14)26-3/h4,6,8,12,15H,5,7,9-11H2,1-3H3. The fourth-order valence-electron chi connectivity index (χ4n) is 3.72. The number of benzene rings is 1. The molecule has 3 heterocycles. The lowest BCUT2D eigenvalue weighted by molar-refractivity contribution is 0.184. The third-order valence-corrected chi connectivity index (χ3v) is 6.03. The van der Waals surface area contributed by atoms with E-state index >= 15 is 0 Å². The number of piperidine rings is 1. The van der Waals surface area contributed by atoms with Crippen LogP contribution in [0.25, 0.3) is 10.8 Å². The van der Waals surface area contributed by atoms with Crippen LogP contribution in [0.3, 0.4) is 0 Å². The first kappa shape index (κ1) is 18.9. The molecule has 0 N–H and O–H groups in total. The van der Waals surface area contributed by atoms with Crippen LogP contribution in [-0.2, 0) is 6.54 Å². The third-order valence-electron chi connectivity index (χ3n) is 5.11. The summed E-state index contributed by atoms with van der Waals surface area (Å²) >= 11 is 1.53. The van der Waals surface area contributed by atoms with Gasteiger partial charge in [-0.2, -0.15) is 0 Å². The Morgan fingerprint density at radius 3 is 2.89 bits per heavy atom. The van der Waals surface area contributed by atoms with Crippen molar-refractivity contribution in [3.05, 3.63) is 40.9 Å². The molecule has 3 aromatic rings. The Labute approximate surface area is 168 Å². The van der Waals surface area contributed by atoms with E-state index in [1.54, 1.807) is 19.7 Å². The number of hydrogen-bond acceptors (Lipinski definition) is 8. The number of aromatic nitrogens is 3. The van der Waals surface area contributed by atoms with Crippen LogP contribution in [0.5, 0.6) is 11.5 Å². The number of aryl methyl sites for hydroxylation is 1. The van der Waals surface area contributed by atoms with Crippen molar-refractivity contribution in [2.75, 3.05) is 27.3 Å². The van der Waals surface area contributed by atoms with Gasteiger partial charge in [-0.3, -0.25) is 4.90 Å². The molecule has 28 heavy (non-hydrogen) atoms. The lowest BCUT2D eigenvalue weighted by atomic mass is 9.97. The van der Waals surface area contributed by atoms with E-state index in [9.17, 15) is 0 Å². The Kier molecular flexibility index (Phi) is 5.59. The molecule has 1 unspecified atom stereocenters. The molecule has 2 aromatic heterocycles. The smallest absolute Gasteiger partial charge is 0.259 e. The molecule has 0 bridgehead atoms. The zero-order chi connectivity index (χ0) is 19.5. The fourth-order valence-corrected chi connectivity index (χ4v) is 4.44. The minimum Gasteiger partial charge on any atom is -0.493 e. The van der Waals surface area contributed by atoms with Gasteiger partial charge in [-0.05, 0) is 32.4 Å². The van der Waals surface area contributed by atoms with E-state index in [1.165, 1.54) is 11.3 Å². The first-order chi connectivity index (χ1) is 13.7. The average molecular weight is 401 g/mol. The number of hydrogen-bond donors (Lipinski definition) is 0. The highest BCUT2D eigenvalue weighted by atomic mass is 32.1. The zero-order valence-corrected chi connectivity index (χ0v) is 17.2. The monoisotopic (exact) mass is 400 g/mol. The van der Waals surface area contributed by atoms with Gasteiger partial charge >= 0.3 is 0 Å². The van der Waals surface area contributed by atoms with E-state index in [2.05, 4.69) is 26.1 Å². The maximum absolute atomic E-state index is 6.01. The first-order valence-corrected chi connectivity index (χ1v) is 10.2. The summed E-state index contributed by atoms with van der Waals surface area (Å²) in [5.74, 6) is 3.08. The summed E-state index contributed by atoms with van der Waals surface area (Å²) in [6.45, 7) is 4.67. The van der Waals surface area contributed by atoms with Gasteiger partial charge in [-0.1, -0.05) is 12.1 Å².